The highest BCUT2D eigenvalue weighted by Crippen LogP contribution is 2.23. The van der Waals surface area contributed by atoms with Crippen LogP contribution in [-0.2, 0) is 0 Å². The largest absolute Gasteiger partial charge is 0.478 e. The van der Waals surface area contributed by atoms with Gasteiger partial charge in [0.25, 0.3) is 0 Å². The van der Waals surface area contributed by atoms with E-state index in [1.54, 1.807) is 18.2 Å². The van der Waals surface area contributed by atoms with Gasteiger partial charge < -0.3 is 5.11 Å². The summed E-state index contributed by atoms with van der Waals surface area (Å²) in [6.45, 7) is 3.69. The summed E-state index contributed by atoms with van der Waals surface area (Å²) in [5.74, 6) is -0.908. The minimum atomic E-state index is -0.908. The van der Waals surface area contributed by atoms with E-state index in [0.29, 0.717) is 5.56 Å². The second kappa shape index (κ2) is 3.58. The summed E-state index contributed by atoms with van der Waals surface area (Å²) in [4.78, 5) is 11.0. The van der Waals surface area contributed by atoms with Crippen molar-refractivity contribution in [1.82, 2.24) is 0 Å². The molecule has 0 heterocycles. The van der Waals surface area contributed by atoms with Crippen molar-refractivity contribution in [1.29, 1.82) is 0 Å². The zero-order chi connectivity index (χ0) is 10.8. The Kier molecular flexibility index (Phi) is 2.26. The van der Waals surface area contributed by atoms with Gasteiger partial charge in [-0.25, -0.2) is 4.79 Å². The smallest absolute Gasteiger partial charge is 0.336 e. The summed E-state index contributed by atoms with van der Waals surface area (Å²) in [6.07, 6.45) is 1.68. The molecule has 2 rings (SSSR count). The van der Waals surface area contributed by atoms with Gasteiger partial charge in [-0.05, 0) is 17.0 Å². The van der Waals surface area contributed by atoms with Gasteiger partial charge in [0, 0.05) is 5.39 Å². The standard InChI is InChI=1S/C13H10O2/c1-2-9-5-3-6-10-7-4-8-11(12(9)10)13(14)15/h2-8H,1H2,(H,14,15). The third-order valence-corrected chi connectivity index (χ3v) is 2.39. The zero-order valence-corrected chi connectivity index (χ0v) is 8.10. The molecule has 15 heavy (non-hydrogen) atoms. The van der Waals surface area contributed by atoms with Crippen LogP contribution in [0.4, 0.5) is 0 Å². The third kappa shape index (κ3) is 1.50. The molecule has 0 spiro atoms. The number of fused-ring (bicyclic) bond motifs is 1. The molecule has 2 heteroatoms. The van der Waals surface area contributed by atoms with Gasteiger partial charge in [0.15, 0.2) is 0 Å². The van der Waals surface area contributed by atoms with E-state index in [0.717, 1.165) is 16.3 Å². The van der Waals surface area contributed by atoms with E-state index < -0.39 is 5.97 Å². The highest BCUT2D eigenvalue weighted by Gasteiger charge is 2.09. The first-order chi connectivity index (χ1) is 7.24. The maximum atomic E-state index is 11.0. The minimum absolute atomic E-state index is 0.322. The summed E-state index contributed by atoms with van der Waals surface area (Å²) in [6, 6.07) is 10.9. The van der Waals surface area contributed by atoms with Crippen molar-refractivity contribution in [2.24, 2.45) is 0 Å². The molecule has 2 aromatic carbocycles. The predicted octanol–water partition coefficient (Wildman–Crippen LogP) is 3.18. The van der Waals surface area contributed by atoms with Gasteiger partial charge in [0.2, 0.25) is 0 Å². The van der Waals surface area contributed by atoms with Crippen LogP contribution >= 0.6 is 0 Å². The molecule has 0 aliphatic rings. The van der Waals surface area contributed by atoms with E-state index in [9.17, 15) is 4.79 Å². The molecule has 0 bridgehead atoms. The highest BCUT2D eigenvalue weighted by molar-refractivity contribution is 6.06. The lowest BCUT2D eigenvalue weighted by Crippen LogP contribution is -1.98. The van der Waals surface area contributed by atoms with Gasteiger partial charge >= 0.3 is 5.97 Å². The Bertz CT molecular complexity index is 536. The van der Waals surface area contributed by atoms with Crippen LogP contribution in [0, 0.1) is 0 Å². The number of hydrogen-bond acceptors (Lipinski definition) is 1. The first-order valence-corrected chi connectivity index (χ1v) is 4.61. The molecule has 0 aliphatic heterocycles. The molecule has 0 amide bonds. The Hall–Kier alpha value is -2.09. The van der Waals surface area contributed by atoms with Crippen molar-refractivity contribution in [2.45, 2.75) is 0 Å². The van der Waals surface area contributed by atoms with Crippen molar-refractivity contribution in [3.8, 4) is 0 Å². The normalized spacial score (nSPS) is 10.1. The van der Waals surface area contributed by atoms with Crippen molar-refractivity contribution < 1.29 is 9.90 Å². The molecule has 0 fully saturated rings. The Morgan fingerprint density at radius 2 is 1.87 bits per heavy atom. The van der Waals surface area contributed by atoms with Crippen LogP contribution in [0.1, 0.15) is 15.9 Å². The number of aromatic carboxylic acids is 1. The lowest BCUT2D eigenvalue weighted by atomic mass is 9.99. The first-order valence-electron chi connectivity index (χ1n) is 4.61. The molecule has 0 saturated carbocycles. The quantitative estimate of drug-likeness (QED) is 0.804. The maximum absolute atomic E-state index is 11.0. The minimum Gasteiger partial charge on any atom is -0.478 e. The molecule has 0 atom stereocenters. The number of rotatable bonds is 2. The number of carboxylic acid groups (broad SMARTS) is 1. The number of carbonyl (C=O) groups is 1. The van der Waals surface area contributed by atoms with Gasteiger partial charge in [0.1, 0.15) is 0 Å². The van der Waals surface area contributed by atoms with E-state index >= 15 is 0 Å². The molecular weight excluding hydrogens is 188 g/mol. The highest BCUT2D eigenvalue weighted by atomic mass is 16.4. The van der Waals surface area contributed by atoms with Gasteiger partial charge in [-0.15, -0.1) is 0 Å². The Morgan fingerprint density at radius 3 is 2.47 bits per heavy atom. The van der Waals surface area contributed by atoms with Crippen molar-refractivity contribution in [3.05, 3.63) is 54.1 Å². The lowest BCUT2D eigenvalue weighted by Gasteiger charge is -2.05. The summed E-state index contributed by atoms with van der Waals surface area (Å²) in [5.41, 5.74) is 1.17. The molecule has 0 radical (unpaired) electrons. The molecule has 0 aliphatic carbocycles. The fourth-order valence-corrected chi connectivity index (χ4v) is 1.72. The van der Waals surface area contributed by atoms with E-state index in [2.05, 4.69) is 6.58 Å². The van der Waals surface area contributed by atoms with E-state index in [1.807, 2.05) is 24.3 Å². The summed E-state index contributed by atoms with van der Waals surface area (Å²) < 4.78 is 0. The molecule has 0 aromatic heterocycles. The van der Waals surface area contributed by atoms with Crippen LogP contribution < -0.4 is 0 Å². The third-order valence-electron chi connectivity index (χ3n) is 2.39. The lowest BCUT2D eigenvalue weighted by molar-refractivity contribution is 0.0699. The fraction of sp³-hybridized carbons (Fsp3) is 0. The summed E-state index contributed by atoms with van der Waals surface area (Å²) in [7, 11) is 0. The van der Waals surface area contributed by atoms with Crippen LogP contribution in [0.2, 0.25) is 0 Å². The maximum Gasteiger partial charge on any atom is 0.336 e. The fourth-order valence-electron chi connectivity index (χ4n) is 1.72. The second-order valence-corrected chi connectivity index (χ2v) is 3.26. The molecule has 1 N–H and O–H groups in total. The van der Waals surface area contributed by atoms with Gasteiger partial charge in [-0.3, -0.25) is 0 Å². The molecule has 2 aromatic rings. The zero-order valence-electron chi connectivity index (χ0n) is 8.10. The predicted molar refractivity (Wildman–Crippen MR) is 61.0 cm³/mol. The number of benzene rings is 2. The van der Waals surface area contributed by atoms with Crippen LogP contribution in [-0.4, -0.2) is 11.1 Å². The van der Waals surface area contributed by atoms with Crippen LogP contribution in [0.3, 0.4) is 0 Å². The SMILES string of the molecule is C=Cc1cccc2cccc(C(=O)O)c12. The average Bonchev–Trinajstić information content (AvgIpc) is 2.27. The first kappa shape index (κ1) is 9.46. The van der Waals surface area contributed by atoms with Crippen molar-refractivity contribution in [2.75, 3.05) is 0 Å². The Labute approximate surface area is 87.5 Å². The van der Waals surface area contributed by atoms with E-state index in [-0.39, 0.29) is 0 Å². The monoisotopic (exact) mass is 198 g/mol. The van der Waals surface area contributed by atoms with Gasteiger partial charge in [-0.2, -0.15) is 0 Å². The topological polar surface area (TPSA) is 37.3 Å². The van der Waals surface area contributed by atoms with Crippen LogP contribution in [0.5, 0.6) is 0 Å². The molecule has 2 nitrogen and oxygen atoms in total. The van der Waals surface area contributed by atoms with E-state index in [4.69, 9.17) is 5.11 Å². The number of hydrogen-bond donors (Lipinski definition) is 1. The van der Waals surface area contributed by atoms with Crippen molar-refractivity contribution in [3.63, 3.8) is 0 Å². The van der Waals surface area contributed by atoms with Gasteiger partial charge in [0.05, 0.1) is 5.56 Å². The second-order valence-electron chi connectivity index (χ2n) is 3.26. The van der Waals surface area contributed by atoms with Crippen LogP contribution in [0.15, 0.2) is 43.0 Å². The molecular formula is C13H10O2. The summed E-state index contributed by atoms with van der Waals surface area (Å²) in [5, 5.41) is 10.7. The van der Waals surface area contributed by atoms with Gasteiger partial charge in [-0.1, -0.05) is 43.0 Å². The molecule has 0 unspecified atom stereocenters. The van der Waals surface area contributed by atoms with Crippen LogP contribution in [0.25, 0.3) is 16.8 Å². The average molecular weight is 198 g/mol. The summed E-state index contributed by atoms with van der Waals surface area (Å²) >= 11 is 0. The Balaban J connectivity index is 2.93. The van der Waals surface area contributed by atoms with Crippen molar-refractivity contribution >= 4 is 22.8 Å². The molecule has 0 saturated heterocycles. The molecule has 74 valence electrons. The number of carboxylic acids is 1. The van der Waals surface area contributed by atoms with E-state index in [1.165, 1.54) is 0 Å². The Morgan fingerprint density at radius 1 is 1.20 bits per heavy atom.